The number of ether oxygens (including phenoxy) is 2. The largest absolute Gasteiger partial charge is 0.508 e. The van der Waals surface area contributed by atoms with Gasteiger partial charge in [-0.3, -0.25) is 4.79 Å². The Kier molecular flexibility index (Phi) is 5.48. The zero-order chi connectivity index (χ0) is 19.7. The highest BCUT2D eigenvalue weighted by Crippen LogP contribution is 2.50. The third-order valence-electron chi connectivity index (χ3n) is 6.63. The summed E-state index contributed by atoms with van der Waals surface area (Å²) in [5.41, 5.74) is 2.43. The summed E-state index contributed by atoms with van der Waals surface area (Å²) in [5.74, 6) is 0.310. The molecule has 5 heteroatoms. The summed E-state index contributed by atoms with van der Waals surface area (Å²) in [6, 6.07) is 7.27. The molecular formula is C23H31NO4. The number of carbonyl (C=O) groups is 1. The highest BCUT2D eigenvalue weighted by atomic mass is 16.6. The standard InChI is InChI=1S/C23H31NO4/c1-15-4-3-12-23(2)21(28-23)20-18(10-5-15)19(22(26)27-20)14-24-13-11-16-6-8-17(25)9-7-16/h4,6-9,18-21,24-25H,3,5,10-14H2,1-2H3/b15-4+/t18-,19-,20-,21-,23+/m0/s1. The second kappa shape index (κ2) is 7.88. The average Bonchev–Trinajstić information content (AvgIpc) is 3.23. The first-order valence-corrected chi connectivity index (χ1v) is 10.5. The van der Waals surface area contributed by atoms with E-state index in [2.05, 4.69) is 25.2 Å². The van der Waals surface area contributed by atoms with Crippen LogP contribution in [0.3, 0.4) is 0 Å². The number of aromatic hydroxyl groups is 1. The van der Waals surface area contributed by atoms with Gasteiger partial charge in [-0.2, -0.15) is 0 Å². The second-order valence-corrected chi connectivity index (χ2v) is 8.77. The minimum Gasteiger partial charge on any atom is -0.508 e. The Morgan fingerprint density at radius 3 is 2.86 bits per heavy atom. The summed E-state index contributed by atoms with van der Waals surface area (Å²) in [6.45, 7) is 5.77. The topological polar surface area (TPSA) is 71.1 Å². The summed E-state index contributed by atoms with van der Waals surface area (Å²) in [4.78, 5) is 12.6. The summed E-state index contributed by atoms with van der Waals surface area (Å²) < 4.78 is 11.9. The van der Waals surface area contributed by atoms with Crippen LogP contribution in [-0.4, -0.2) is 42.0 Å². The van der Waals surface area contributed by atoms with Crippen molar-refractivity contribution in [1.82, 2.24) is 5.32 Å². The SMILES string of the molecule is C/C1=C\CC[C@@]2(C)O[C@H]2[C@H]2OC(=O)[C@@H](CNCCc3ccc(O)cc3)[C@@H]2CC1. The van der Waals surface area contributed by atoms with Crippen LogP contribution in [0.2, 0.25) is 0 Å². The molecule has 0 aromatic heterocycles. The van der Waals surface area contributed by atoms with Crippen LogP contribution < -0.4 is 5.32 Å². The molecule has 1 aliphatic carbocycles. The van der Waals surface area contributed by atoms with Gasteiger partial charge in [-0.25, -0.2) is 0 Å². The van der Waals surface area contributed by atoms with Crippen molar-refractivity contribution in [2.75, 3.05) is 13.1 Å². The Morgan fingerprint density at radius 2 is 2.07 bits per heavy atom. The molecule has 0 radical (unpaired) electrons. The predicted molar refractivity (Wildman–Crippen MR) is 107 cm³/mol. The molecule has 5 atom stereocenters. The van der Waals surface area contributed by atoms with E-state index in [1.54, 1.807) is 12.1 Å². The number of hydrogen-bond acceptors (Lipinski definition) is 5. The van der Waals surface area contributed by atoms with E-state index in [9.17, 15) is 9.90 Å². The molecule has 2 aliphatic heterocycles. The van der Waals surface area contributed by atoms with Crippen molar-refractivity contribution in [2.45, 2.75) is 63.8 Å². The molecule has 2 saturated heterocycles. The first-order chi connectivity index (χ1) is 13.5. The Morgan fingerprint density at radius 1 is 1.29 bits per heavy atom. The Bertz CT molecular complexity index is 743. The molecule has 0 amide bonds. The molecule has 5 nitrogen and oxygen atoms in total. The molecule has 152 valence electrons. The highest BCUT2D eigenvalue weighted by molar-refractivity contribution is 5.75. The van der Waals surface area contributed by atoms with E-state index in [4.69, 9.17) is 9.47 Å². The monoisotopic (exact) mass is 385 g/mol. The van der Waals surface area contributed by atoms with Crippen LogP contribution in [0.15, 0.2) is 35.9 Å². The number of phenols is 1. The highest BCUT2D eigenvalue weighted by Gasteiger charge is 2.62. The Hall–Kier alpha value is -1.85. The molecule has 0 unspecified atom stereocenters. The summed E-state index contributed by atoms with van der Waals surface area (Å²) in [5, 5.41) is 12.8. The van der Waals surface area contributed by atoms with Gasteiger partial charge >= 0.3 is 5.97 Å². The van der Waals surface area contributed by atoms with Gasteiger partial charge in [0.2, 0.25) is 0 Å². The molecule has 0 spiro atoms. The van der Waals surface area contributed by atoms with E-state index >= 15 is 0 Å². The van der Waals surface area contributed by atoms with Gasteiger partial charge in [0.25, 0.3) is 0 Å². The lowest BCUT2D eigenvalue weighted by molar-refractivity contribution is -0.144. The molecule has 2 N–H and O–H groups in total. The van der Waals surface area contributed by atoms with Gasteiger partial charge in [-0.05, 0) is 70.2 Å². The summed E-state index contributed by atoms with van der Waals surface area (Å²) in [7, 11) is 0. The van der Waals surface area contributed by atoms with Gasteiger partial charge < -0.3 is 19.9 Å². The quantitative estimate of drug-likeness (QED) is 0.352. The maximum atomic E-state index is 12.6. The lowest BCUT2D eigenvalue weighted by atomic mass is 9.80. The smallest absolute Gasteiger partial charge is 0.311 e. The molecule has 28 heavy (non-hydrogen) atoms. The minimum absolute atomic E-state index is 0.0512. The van der Waals surface area contributed by atoms with E-state index in [1.165, 1.54) is 11.1 Å². The van der Waals surface area contributed by atoms with E-state index < -0.39 is 0 Å². The third kappa shape index (κ3) is 4.11. The molecule has 4 rings (SSSR count). The number of allylic oxidation sites excluding steroid dienone is 2. The average molecular weight is 386 g/mol. The molecule has 1 aromatic carbocycles. The molecular weight excluding hydrogens is 354 g/mol. The third-order valence-corrected chi connectivity index (χ3v) is 6.63. The van der Waals surface area contributed by atoms with Gasteiger partial charge in [-0.15, -0.1) is 0 Å². The van der Waals surface area contributed by atoms with Crippen LogP contribution in [0.4, 0.5) is 0 Å². The molecule has 3 aliphatic rings. The first-order valence-electron chi connectivity index (χ1n) is 10.5. The van der Waals surface area contributed by atoms with Crippen LogP contribution in [0.1, 0.15) is 45.1 Å². The first kappa shape index (κ1) is 19.5. The Labute approximate surface area is 167 Å². The normalized spacial score (nSPS) is 36.6. The predicted octanol–water partition coefficient (Wildman–Crippen LogP) is 3.36. The minimum atomic E-state index is -0.140. The summed E-state index contributed by atoms with van der Waals surface area (Å²) >= 11 is 0. The fourth-order valence-corrected chi connectivity index (χ4v) is 4.73. The van der Waals surface area contributed by atoms with Gasteiger partial charge in [0.1, 0.15) is 18.0 Å². The lowest BCUT2D eigenvalue weighted by Crippen LogP contribution is -2.35. The van der Waals surface area contributed by atoms with Gasteiger partial charge in [0.15, 0.2) is 0 Å². The maximum Gasteiger partial charge on any atom is 0.311 e. The number of phenolic OH excluding ortho intramolecular Hbond substituents is 1. The number of rotatable bonds is 5. The van der Waals surface area contributed by atoms with Crippen molar-refractivity contribution in [3.63, 3.8) is 0 Å². The number of fused-ring (bicyclic) bond motifs is 3. The van der Waals surface area contributed by atoms with E-state index in [1.807, 2.05) is 12.1 Å². The molecule has 2 heterocycles. The van der Waals surface area contributed by atoms with Crippen molar-refractivity contribution < 1.29 is 19.4 Å². The maximum absolute atomic E-state index is 12.6. The van der Waals surface area contributed by atoms with Gasteiger partial charge in [0, 0.05) is 12.5 Å². The fourth-order valence-electron chi connectivity index (χ4n) is 4.73. The number of carbonyl (C=O) groups excluding carboxylic acids is 1. The van der Waals surface area contributed by atoms with Crippen molar-refractivity contribution in [3.8, 4) is 5.75 Å². The van der Waals surface area contributed by atoms with Crippen LogP contribution in [0.25, 0.3) is 0 Å². The van der Waals surface area contributed by atoms with E-state index in [-0.39, 0.29) is 41.4 Å². The molecule has 0 saturated carbocycles. The van der Waals surface area contributed by atoms with Crippen LogP contribution in [0, 0.1) is 11.8 Å². The van der Waals surface area contributed by atoms with Crippen molar-refractivity contribution in [1.29, 1.82) is 0 Å². The van der Waals surface area contributed by atoms with Crippen LogP contribution in [-0.2, 0) is 20.7 Å². The van der Waals surface area contributed by atoms with Crippen molar-refractivity contribution >= 4 is 5.97 Å². The van der Waals surface area contributed by atoms with Crippen molar-refractivity contribution in [3.05, 3.63) is 41.5 Å². The number of benzene rings is 1. The molecule has 1 aromatic rings. The second-order valence-electron chi connectivity index (χ2n) is 8.77. The lowest BCUT2D eigenvalue weighted by Gasteiger charge is -2.22. The van der Waals surface area contributed by atoms with Gasteiger partial charge in [-0.1, -0.05) is 23.8 Å². The number of nitrogens with one attached hydrogen (secondary N) is 1. The summed E-state index contributed by atoms with van der Waals surface area (Å²) in [6.07, 6.45) is 7.15. The van der Waals surface area contributed by atoms with E-state index in [0.717, 1.165) is 38.6 Å². The number of hydrogen-bond donors (Lipinski definition) is 2. The van der Waals surface area contributed by atoms with Gasteiger partial charge in [0.05, 0.1) is 11.5 Å². The fraction of sp³-hybridized carbons (Fsp3) is 0.609. The van der Waals surface area contributed by atoms with Crippen LogP contribution >= 0.6 is 0 Å². The Balaban J connectivity index is 1.36. The van der Waals surface area contributed by atoms with Crippen molar-refractivity contribution in [2.24, 2.45) is 11.8 Å². The van der Waals surface area contributed by atoms with E-state index in [0.29, 0.717) is 6.54 Å². The molecule has 2 fully saturated rings. The van der Waals surface area contributed by atoms with Crippen LogP contribution in [0.5, 0.6) is 5.75 Å². The zero-order valence-electron chi connectivity index (χ0n) is 16.8. The zero-order valence-corrected chi connectivity index (χ0v) is 16.8. The number of epoxide rings is 1. The number of esters is 1. The molecule has 0 bridgehead atoms.